The molecule has 2 aromatic carbocycles. The van der Waals surface area contributed by atoms with Crippen molar-refractivity contribution in [3.8, 4) is 0 Å². The molecule has 0 bridgehead atoms. The van der Waals surface area contributed by atoms with Gasteiger partial charge in [0.1, 0.15) is 0 Å². The van der Waals surface area contributed by atoms with E-state index in [9.17, 15) is 0 Å². The van der Waals surface area contributed by atoms with Gasteiger partial charge in [-0.2, -0.15) is 0 Å². The predicted octanol–water partition coefficient (Wildman–Crippen LogP) is 3.53. The van der Waals surface area contributed by atoms with E-state index in [0.29, 0.717) is 22.5 Å². The number of rotatable bonds is 0. The van der Waals surface area contributed by atoms with Gasteiger partial charge < -0.3 is 5.32 Å². The Kier molecular flexibility index (Phi) is 1.22. The van der Waals surface area contributed by atoms with Crippen molar-refractivity contribution in [2.75, 3.05) is 5.32 Å². The Bertz CT molecular complexity index is 581. The minimum Gasteiger partial charge on any atom is -0.355 e. The maximum absolute atomic E-state index is 8.23. The molecule has 0 saturated carbocycles. The van der Waals surface area contributed by atoms with Crippen LogP contribution in [0, 0.1) is 0 Å². The van der Waals surface area contributed by atoms with E-state index in [2.05, 4.69) is 5.32 Å². The quantitative estimate of drug-likeness (QED) is 0.684. The fourth-order valence-electron chi connectivity index (χ4n) is 1.68. The molecule has 0 saturated heterocycles. The molecule has 0 spiro atoms. The lowest BCUT2D eigenvalue weighted by atomic mass is 10.0. The SMILES string of the molecule is [2H]C1([2H])c2ccccc2Nc2ccccc2C1([2H])[2H]. The lowest BCUT2D eigenvalue weighted by Gasteiger charge is -2.08. The highest BCUT2D eigenvalue weighted by molar-refractivity contribution is 5.67. The van der Waals surface area contributed by atoms with Crippen LogP contribution in [0.2, 0.25) is 0 Å². The van der Waals surface area contributed by atoms with Crippen LogP contribution in [0.4, 0.5) is 11.4 Å². The van der Waals surface area contributed by atoms with Crippen molar-refractivity contribution in [2.24, 2.45) is 0 Å². The van der Waals surface area contributed by atoms with Gasteiger partial charge in [-0.3, -0.25) is 0 Å². The average Bonchev–Trinajstić information content (AvgIpc) is 2.45. The predicted molar refractivity (Wildman–Crippen MR) is 63.6 cm³/mol. The molecule has 0 amide bonds. The number of benzene rings is 2. The van der Waals surface area contributed by atoms with Crippen LogP contribution in [0.25, 0.3) is 0 Å². The smallest absolute Gasteiger partial charge is 0.0416 e. The van der Waals surface area contributed by atoms with Crippen LogP contribution in [-0.2, 0) is 12.7 Å². The second kappa shape index (κ2) is 3.43. The zero-order valence-corrected chi connectivity index (χ0v) is 8.12. The van der Waals surface area contributed by atoms with Gasteiger partial charge in [-0.15, -0.1) is 0 Å². The lowest BCUT2D eigenvalue weighted by molar-refractivity contribution is 0.977. The second-order valence-electron chi connectivity index (χ2n) is 3.47. The molecule has 15 heavy (non-hydrogen) atoms. The largest absolute Gasteiger partial charge is 0.355 e. The Morgan fingerprint density at radius 1 is 0.800 bits per heavy atom. The summed E-state index contributed by atoms with van der Waals surface area (Å²) in [4.78, 5) is 0. The first-order valence-corrected chi connectivity index (χ1v) is 4.90. The van der Waals surface area contributed by atoms with Gasteiger partial charge >= 0.3 is 0 Å². The van der Waals surface area contributed by atoms with Crippen molar-refractivity contribution in [3.63, 3.8) is 0 Å². The topological polar surface area (TPSA) is 12.0 Å². The van der Waals surface area contributed by atoms with Gasteiger partial charge in [0.15, 0.2) is 0 Å². The number of fused-ring (bicyclic) bond motifs is 2. The number of hydrogen-bond acceptors (Lipinski definition) is 1. The van der Waals surface area contributed by atoms with Crippen molar-refractivity contribution < 1.29 is 5.48 Å². The van der Waals surface area contributed by atoms with Crippen LogP contribution in [0.15, 0.2) is 48.5 Å². The molecular formula is C14H13N. The van der Waals surface area contributed by atoms with Gasteiger partial charge in [-0.05, 0) is 36.0 Å². The molecule has 0 atom stereocenters. The zero-order valence-electron chi connectivity index (χ0n) is 12.1. The monoisotopic (exact) mass is 199 g/mol. The van der Waals surface area contributed by atoms with Gasteiger partial charge in [0.2, 0.25) is 0 Å². The molecule has 1 heteroatoms. The molecule has 0 radical (unpaired) electrons. The summed E-state index contributed by atoms with van der Waals surface area (Å²) in [6.07, 6.45) is -4.19. The van der Waals surface area contributed by atoms with Crippen molar-refractivity contribution in [1.82, 2.24) is 0 Å². The van der Waals surface area contributed by atoms with Crippen LogP contribution < -0.4 is 5.32 Å². The van der Waals surface area contributed by atoms with E-state index in [4.69, 9.17) is 5.48 Å². The van der Waals surface area contributed by atoms with Gasteiger partial charge in [-0.25, -0.2) is 0 Å². The van der Waals surface area contributed by atoms with Crippen molar-refractivity contribution in [2.45, 2.75) is 12.7 Å². The molecule has 3 rings (SSSR count). The Morgan fingerprint density at radius 2 is 1.27 bits per heavy atom. The molecule has 0 fully saturated rings. The van der Waals surface area contributed by atoms with Gasteiger partial charge in [0, 0.05) is 16.9 Å². The highest BCUT2D eigenvalue weighted by Crippen LogP contribution is 2.29. The number of nitrogens with one attached hydrogen (secondary N) is 1. The molecule has 0 aromatic heterocycles. The third-order valence-electron chi connectivity index (χ3n) is 2.46. The molecule has 2 aromatic rings. The number of anilines is 2. The van der Waals surface area contributed by atoms with E-state index < -0.39 is 12.7 Å². The lowest BCUT2D eigenvalue weighted by Crippen LogP contribution is -1.92. The maximum Gasteiger partial charge on any atom is 0.0416 e. The Hall–Kier alpha value is -1.76. The summed E-state index contributed by atoms with van der Waals surface area (Å²) >= 11 is 0. The summed E-state index contributed by atoms with van der Waals surface area (Å²) in [6, 6.07) is 13.9. The maximum atomic E-state index is 8.23. The van der Waals surface area contributed by atoms with Crippen LogP contribution in [0.3, 0.4) is 0 Å². The zero-order chi connectivity index (χ0) is 13.7. The summed E-state index contributed by atoms with van der Waals surface area (Å²) in [5.74, 6) is 0. The van der Waals surface area contributed by atoms with Gasteiger partial charge in [0.25, 0.3) is 0 Å². The molecule has 0 aliphatic carbocycles. The standard InChI is InChI=1S/C14H13N/c1-3-7-13-11(5-1)9-10-12-6-2-4-8-14(12)15-13/h1-8,15H,9-10H2/i9D2,10D2. The Morgan fingerprint density at radius 3 is 1.80 bits per heavy atom. The van der Waals surface area contributed by atoms with E-state index in [1.54, 1.807) is 36.4 Å². The molecule has 1 heterocycles. The van der Waals surface area contributed by atoms with E-state index in [0.717, 1.165) is 0 Å². The highest BCUT2D eigenvalue weighted by Gasteiger charge is 2.10. The summed E-state index contributed by atoms with van der Waals surface area (Å²) in [5.41, 5.74) is 1.91. The average molecular weight is 199 g/mol. The third-order valence-corrected chi connectivity index (χ3v) is 2.46. The normalized spacial score (nSPS) is 24.0. The summed E-state index contributed by atoms with van der Waals surface area (Å²) in [5, 5.41) is 3.13. The number of para-hydroxylation sites is 2. The van der Waals surface area contributed by atoms with E-state index >= 15 is 0 Å². The van der Waals surface area contributed by atoms with Crippen LogP contribution in [0.5, 0.6) is 0 Å². The van der Waals surface area contributed by atoms with Gasteiger partial charge in [0.05, 0.1) is 0 Å². The Balaban J connectivity index is 2.35. The third kappa shape index (κ3) is 1.50. The van der Waals surface area contributed by atoms with E-state index in [-0.39, 0.29) is 0 Å². The number of aryl methyl sites for hydroxylation is 2. The van der Waals surface area contributed by atoms with Crippen molar-refractivity contribution in [3.05, 3.63) is 59.7 Å². The van der Waals surface area contributed by atoms with Crippen LogP contribution in [0.1, 0.15) is 16.6 Å². The molecule has 1 aliphatic rings. The number of hydrogen-bond donors (Lipinski definition) is 1. The first-order chi connectivity index (χ1) is 8.94. The summed E-state index contributed by atoms with van der Waals surface area (Å²) in [6.45, 7) is 0. The second-order valence-corrected chi connectivity index (χ2v) is 3.47. The first kappa shape index (κ1) is 5.36. The van der Waals surface area contributed by atoms with E-state index in [1.165, 1.54) is 0 Å². The van der Waals surface area contributed by atoms with Gasteiger partial charge in [-0.1, -0.05) is 36.4 Å². The molecule has 1 aliphatic heterocycles. The first-order valence-electron chi connectivity index (χ1n) is 6.90. The molecule has 1 nitrogen and oxygen atoms in total. The molecular weight excluding hydrogens is 182 g/mol. The van der Waals surface area contributed by atoms with Crippen LogP contribution >= 0.6 is 0 Å². The molecule has 1 N–H and O–H groups in total. The van der Waals surface area contributed by atoms with Crippen molar-refractivity contribution in [1.29, 1.82) is 0 Å². The fourth-order valence-corrected chi connectivity index (χ4v) is 1.68. The molecule has 74 valence electrons. The van der Waals surface area contributed by atoms with E-state index in [1.807, 2.05) is 12.1 Å². The Labute approximate surface area is 95.4 Å². The molecule has 0 unspecified atom stereocenters. The summed E-state index contributed by atoms with van der Waals surface area (Å²) in [7, 11) is 0. The fraction of sp³-hybridized carbons (Fsp3) is 0.143. The van der Waals surface area contributed by atoms with Crippen molar-refractivity contribution >= 4 is 11.4 Å². The minimum atomic E-state index is -2.09. The van der Waals surface area contributed by atoms with Crippen LogP contribution in [-0.4, -0.2) is 0 Å². The summed E-state index contributed by atoms with van der Waals surface area (Å²) < 4.78 is 32.9. The minimum absolute atomic E-state index is 0.344. The highest BCUT2D eigenvalue weighted by atomic mass is 14.9.